The molecule has 1 aliphatic carbocycles. The zero-order chi connectivity index (χ0) is 26.6. The van der Waals surface area contributed by atoms with Gasteiger partial charge in [0.15, 0.2) is 0 Å². The van der Waals surface area contributed by atoms with Gasteiger partial charge in [-0.05, 0) is 85.7 Å². The lowest BCUT2D eigenvalue weighted by Gasteiger charge is -2.33. The molecular formula is C31H36N2O4. The summed E-state index contributed by atoms with van der Waals surface area (Å²) in [6.07, 6.45) is 3.60. The predicted octanol–water partition coefficient (Wildman–Crippen LogP) is 6.53. The molecule has 2 atom stereocenters. The van der Waals surface area contributed by atoms with E-state index in [-0.39, 0.29) is 18.0 Å². The van der Waals surface area contributed by atoms with Crippen LogP contribution >= 0.6 is 0 Å². The largest absolute Gasteiger partial charge is 0.497 e. The van der Waals surface area contributed by atoms with E-state index in [9.17, 15) is 4.79 Å². The Morgan fingerprint density at radius 1 is 1.08 bits per heavy atom. The Bertz CT molecular complexity index is 1280. The van der Waals surface area contributed by atoms with Gasteiger partial charge < -0.3 is 19.9 Å². The van der Waals surface area contributed by atoms with E-state index in [0.29, 0.717) is 18.0 Å². The minimum Gasteiger partial charge on any atom is -0.497 e. The second-order valence-electron chi connectivity index (χ2n) is 10.00. The number of hydrogen-bond donors (Lipinski definition) is 1. The van der Waals surface area contributed by atoms with E-state index in [2.05, 4.69) is 23.2 Å². The average Bonchev–Trinajstić information content (AvgIpc) is 3.31. The molecule has 0 bridgehead atoms. The molecule has 194 valence electrons. The number of nitrogen functional groups attached to an aromatic ring is 1. The van der Waals surface area contributed by atoms with Gasteiger partial charge >= 0.3 is 5.97 Å². The van der Waals surface area contributed by atoms with Gasteiger partial charge in [0.25, 0.3) is 0 Å². The predicted molar refractivity (Wildman–Crippen MR) is 148 cm³/mol. The standard InChI is InChI=1S/C31H36N2O4/c1-6-33-27-18-23(11-15-26(27)32)29(31(2,3)30(34)36-5)22-10-9-21-12-16-28(25(21)17-22)37-19-20-7-13-24(35-4)14-8-20/h6-11,13-15,17-18,28-29H,12,16,19,32H2,1-5H3/b33-6-. The van der Waals surface area contributed by atoms with Crippen molar-refractivity contribution >= 4 is 23.6 Å². The number of aryl methyl sites for hydroxylation is 1. The monoisotopic (exact) mass is 500 g/mol. The number of carbonyl (C=O) groups is 1. The molecule has 3 aromatic rings. The maximum absolute atomic E-state index is 13.0. The summed E-state index contributed by atoms with van der Waals surface area (Å²) < 4.78 is 16.9. The van der Waals surface area contributed by atoms with Crippen molar-refractivity contribution in [3.05, 3.63) is 88.5 Å². The summed E-state index contributed by atoms with van der Waals surface area (Å²) in [5.41, 5.74) is 12.2. The van der Waals surface area contributed by atoms with Crippen LogP contribution in [0.5, 0.6) is 5.75 Å². The molecule has 3 aromatic carbocycles. The molecular weight excluding hydrogens is 464 g/mol. The second-order valence-corrected chi connectivity index (χ2v) is 10.00. The number of aliphatic imine (C=N–C) groups is 1. The van der Waals surface area contributed by atoms with Crippen LogP contribution in [-0.2, 0) is 27.3 Å². The highest BCUT2D eigenvalue weighted by Gasteiger charge is 2.41. The number of methoxy groups -OCH3 is 2. The van der Waals surface area contributed by atoms with Gasteiger partial charge in [0.05, 0.1) is 43.7 Å². The lowest BCUT2D eigenvalue weighted by Crippen LogP contribution is -2.33. The second kappa shape index (κ2) is 11.2. The van der Waals surface area contributed by atoms with Crippen LogP contribution in [0.2, 0.25) is 0 Å². The molecule has 0 radical (unpaired) electrons. The van der Waals surface area contributed by atoms with E-state index in [0.717, 1.165) is 35.3 Å². The molecule has 0 amide bonds. The highest BCUT2D eigenvalue weighted by molar-refractivity contribution is 5.79. The fraction of sp³-hybridized carbons (Fsp3) is 0.355. The molecule has 0 heterocycles. The molecule has 6 heteroatoms. The Hall–Kier alpha value is -3.64. The summed E-state index contributed by atoms with van der Waals surface area (Å²) in [6, 6.07) is 20.2. The first-order valence-electron chi connectivity index (χ1n) is 12.6. The number of ether oxygens (including phenoxy) is 3. The van der Waals surface area contributed by atoms with Crippen molar-refractivity contribution in [2.45, 2.75) is 52.2 Å². The van der Waals surface area contributed by atoms with E-state index in [1.165, 1.54) is 18.2 Å². The molecule has 4 rings (SSSR count). The molecule has 2 N–H and O–H groups in total. The van der Waals surface area contributed by atoms with Gasteiger partial charge in [0.1, 0.15) is 5.75 Å². The van der Waals surface area contributed by atoms with Gasteiger partial charge in [-0.2, -0.15) is 0 Å². The van der Waals surface area contributed by atoms with E-state index < -0.39 is 5.41 Å². The van der Waals surface area contributed by atoms with Gasteiger partial charge in [-0.1, -0.05) is 36.4 Å². The molecule has 0 fully saturated rings. The summed E-state index contributed by atoms with van der Waals surface area (Å²) >= 11 is 0. The van der Waals surface area contributed by atoms with Gasteiger partial charge in [-0.25, -0.2) is 0 Å². The van der Waals surface area contributed by atoms with Crippen molar-refractivity contribution in [1.82, 2.24) is 0 Å². The van der Waals surface area contributed by atoms with Crippen LogP contribution in [0.4, 0.5) is 11.4 Å². The first kappa shape index (κ1) is 26.4. The van der Waals surface area contributed by atoms with Crippen LogP contribution in [0, 0.1) is 5.41 Å². The van der Waals surface area contributed by atoms with Crippen molar-refractivity contribution in [3.63, 3.8) is 0 Å². The molecule has 0 saturated carbocycles. The minimum absolute atomic E-state index is 0.00869. The van der Waals surface area contributed by atoms with Crippen molar-refractivity contribution in [3.8, 4) is 5.75 Å². The summed E-state index contributed by atoms with van der Waals surface area (Å²) in [4.78, 5) is 17.4. The number of nitrogens with zero attached hydrogens (tertiary/aromatic N) is 1. The Labute approximate surface area is 219 Å². The van der Waals surface area contributed by atoms with Gasteiger partial charge in [-0.15, -0.1) is 0 Å². The van der Waals surface area contributed by atoms with Crippen molar-refractivity contribution in [2.24, 2.45) is 10.4 Å². The van der Waals surface area contributed by atoms with E-state index in [1.807, 2.05) is 63.2 Å². The summed E-state index contributed by atoms with van der Waals surface area (Å²) in [5.74, 6) is 0.288. The first-order valence-corrected chi connectivity index (χ1v) is 12.6. The summed E-state index contributed by atoms with van der Waals surface area (Å²) in [5, 5.41) is 0. The average molecular weight is 501 g/mol. The number of nitrogens with two attached hydrogens (primary N) is 1. The van der Waals surface area contributed by atoms with Gasteiger partial charge in [0, 0.05) is 12.1 Å². The molecule has 0 aliphatic heterocycles. The number of rotatable bonds is 9. The van der Waals surface area contributed by atoms with Crippen LogP contribution in [0.25, 0.3) is 0 Å². The maximum Gasteiger partial charge on any atom is 0.312 e. The Kier molecular flexibility index (Phi) is 7.98. The Morgan fingerprint density at radius 3 is 2.46 bits per heavy atom. The topological polar surface area (TPSA) is 83.1 Å². The molecule has 0 saturated heterocycles. The van der Waals surface area contributed by atoms with E-state index in [1.54, 1.807) is 13.3 Å². The Balaban J connectivity index is 1.69. The third-order valence-corrected chi connectivity index (χ3v) is 7.23. The molecule has 6 nitrogen and oxygen atoms in total. The lowest BCUT2D eigenvalue weighted by molar-refractivity contribution is -0.151. The zero-order valence-electron chi connectivity index (χ0n) is 22.3. The third-order valence-electron chi connectivity index (χ3n) is 7.23. The fourth-order valence-corrected chi connectivity index (χ4v) is 5.25. The number of benzene rings is 3. The van der Waals surface area contributed by atoms with Crippen LogP contribution in [0.1, 0.15) is 67.0 Å². The number of anilines is 1. The van der Waals surface area contributed by atoms with E-state index in [4.69, 9.17) is 19.9 Å². The van der Waals surface area contributed by atoms with Crippen LogP contribution < -0.4 is 10.5 Å². The minimum atomic E-state index is -0.829. The van der Waals surface area contributed by atoms with Crippen molar-refractivity contribution < 1.29 is 19.0 Å². The fourth-order valence-electron chi connectivity index (χ4n) is 5.25. The summed E-state index contributed by atoms with van der Waals surface area (Å²) in [6.45, 7) is 6.22. The van der Waals surface area contributed by atoms with E-state index >= 15 is 0 Å². The highest BCUT2D eigenvalue weighted by atomic mass is 16.5. The molecule has 0 spiro atoms. The number of carbonyl (C=O) groups excluding carboxylic acids is 1. The highest BCUT2D eigenvalue weighted by Crippen LogP contribution is 2.45. The molecule has 37 heavy (non-hydrogen) atoms. The quantitative estimate of drug-likeness (QED) is 0.205. The maximum atomic E-state index is 13.0. The number of esters is 1. The van der Waals surface area contributed by atoms with Gasteiger partial charge in [0.2, 0.25) is 0 Å². The normalized spacial score (nSPS) is 16.0. The van der Waals surface area contributed by atoms with Crippen LogP contribution in [0.3, 0.4) is 0 Å². The van der Waals surface area contributed by atoms with Crippen molar-refractivity contribution in [2.75, 3.05) is 20.0 Å². The van der Waals surface area contributed by atoms with Crippen molar-refractivity contribution in [1.29, 1.82) is 0 Å². The summed E-state index contributed by atoms with van der Waals surface area (Å²) in [7, 11) is 3.10. The smallest absolute Gasteiger partial charge is 0.312 e. The Morgan fingerprint density at radius 2 is 1.78 bits per heavy atom. The lowest BCUT2D eigenvalue weighted by atomic mass is 9.70. The number of hydrogen-bond acceptors (Lipinski definition) is 6. The van der Waals surface area contributed by atoms with Crippen LogP contribution in [-0.4, -0.2) is 26.4 Å². The van der Waals surface area contributed by atoms with Gasteiger partial charge in [-0.3, -0.25) is 9.79 Å². The third kappa shape index (κ3) is 5.54. The zero-order valence-corrected chi connectivity index (χ0v) is 22.3. The first-order chi connectivity index (χ1) is 17.8. The molecule has 2 unspecified atom stereocenters. The van der Waals surface area contributed by atoms with Crippen LogP contribution in [0.15, 0.2) is 65.7 Å². The molecule has 0 aromatic heterocycles. The molecule has 1 aliphatic rings. The SMILES string of the molecule is C/C=N\c1cc(C(c2ccc3c(c2)C(OCc2ccc(OC)cc2)CC3)C(C)(C)C(=O)OC)ccc1N. The number of fused-ring (bicyclic) bond motifs is 1.